The van der Waals surface area contributed by atoms with Crippen LogP contribution in [0.5, 0.6) is 0 Å². The van der Waals surface area contributed by atoms with Gasteiger partial charge in [-0.2, -0.15) is 0 Å². The number of thioether (sulfide) groups is 1. The van der Waals surface area contributed by atoms with Gasteiger partial charge in [-0.25, -0.2) is 4.79 Å². The van der Waals surface area contributed by atoms with Crippen LogP contribution in [-0.4, -0.2) is 37.2 Å². The maximum absolute atomic E-state index is 13.0. The van der Waals surface area contributed by atoms with Gasteiger partial charge < -0.3 is 10.1 Å². The predicted octanol–water partition coefficient (Wildman–Crippen LogP) is 5.37. The highest BCUT2D eigenvalue weighted by atomic mass is 35.5. The Labute approximate surface area is 191 Å². The molecule has 1 atom stereocenters. The SMILES string of the molecule is O=C(O)C(Cc1c[nH]c2ccccc12)N1C(=O)C(=Cc2ccc(Cl)cc2Cl)SC1=S. The largest absolute Gasteiger partial charge is 0.480 e. The number of rotatable bonds is 5. The van der Waals surface area contributed by atoms with Gasteiger partial charge in [0, 0.05) is 33.6 Å². The molecule has 1 aliphatic heterocycles. The number of aromatic amines is 1. The second-order valence-corrected chi connectivity index (χ2v) is 9.15. The summed E-state index contributed by atoms with van der Waals surface area (Å²) in [6, 6.07) is 11.4. The van der Waals surface area contributed by atoms with E-state index in [1.807, 2.05) is 24.3 Å². The Balaban J connectivity index is 1.65. The van der Waals surface area contributed by atoms with Crippen LogP contribution in [0.15, 0.2) is 53.6 Å². The molecule has 2 aromatic carbocycles. The van der Waals surface area contributed by atoms with E-state index in [1.54, 1.807) is 30.5 Å². The lowest BCUT2D eigenvalue weighted by Gasteiger charge is -2.23. The van der Waals surface area contributed by atoms with Gasteiger partial charge in [0.15, 0.2) is 0 Å². The second-order valence-electron chi connectivity index (χ2n) is 6.64. The highest BCUT2D eigenvalue weighted by Gasteiger charge is 2.40. The quantitative estimate of drug-likeness (QED) is 0.382. The summed E-state index contributed by atoms with van der Waals surface area (Å²) in [6.45, 7) is 0. The molecule has 152 valence electrons. The van der Waals surface area contributed by atoms with E-state index in [9.17, 15) is 14.7 Å². The number of halogens is 2. The average Bonchev–Trinajstić information content (AvgIpc) is 3.23. The van der Waals surface area contributed by atoms with Gasteiger partial charge in [-0.15, -0.1) is 0 Å². The fourth-order valence-electron chi connectivity index (χ4n) is 3.31. The van der Waals surface area contributed by atoms with Crippen molar-refractivity contribution in [1.29, 1.82) is 0 Å². The van der Waals surface area contributed by atoms with Crippen LogP contribution in [0.2, 0.25) is 10.0 Å². The highest BCUT2D eigenvalue weighted by molar-refractivity contribution is 8.26. The number of amides is 1. The molecule has 1 aromatic heterocycles. The Kier molecular flexibility index (Phi) is 5.88. The number of hydrogen-bond donors (Lipinski definition) is 2. The topological polar surface area (TPSA) is 73.4 Å². The van der Waals surface area contributed by atoms with E-state index in [0.29, 0.717) is 20.5 Å². The zero-order chi connectivity index (χ0) is 21.4. The molecule has 0 bridgehead atoms. The van der Waals surface area contributed by atoms with Crippen molar-refractivity contribution in [3.63, 3.8) is 0 Å². The first kappa shape index (κ1) is 20.9. The van der Waals surface area contributed by atoms with Gasteiger partial charge in [0.2, 0.25) is 0 Å². The van der Waals surface area contributed by atoms with Crippen LogP contribution in [0.1, 0.15) is 11.1 Å². The zero-order valence-electron chi connectivity index (χ0n) is 15.3. The first-order chi connectivity index (χ1) is 14.3. The van der Waals surface area contributed by atoms with Crippen LogP contribution < -0.4 is 0 Å². The summed E-state index contributed by atoms with van der Waals surface area (Å²) in [4.78, 5) is 29.7. The third-order valence-corrected chi connectivity index (χ3v) is 6.65. The molecule has 5 nitrogen and oxygen atoms in total. The minimum absolute atomic E-state index is 0.126. The molecule has 2 heterocycles. The van der Waals surface area contributed by atoms with Crippen LogP contribution in [-0.2, 0) is 16.0 Å². The third kappa shape index (κ3) is 3.98. The van der Waals surface area contributed by atoms with Crippen molar-refractivity contribution in [2.75, 3.05) is 0 Å². The summed E-state index contributed by atoms with van der Waals surface area (Å²) in [5, 5.41) is 11.6. The van der Waals surface area contributed by atoms with Gasteiger partial charge in [0.1, 0.15) is 10.4 Å². The Bertz CT molecular complexity index is 1220. The van der Waals surface area contributed by atoms with Gasteiger partial charge in [-0.1, -0.05) is 71.4 Å². The number of carbonyl (C=O) groups is 2. The predicted molar refractivity (Wildman–Crippen MR) is 125 cm³/mol. The maximum atomic E-state index is 13.0. The number of aliphatic carboxylic acids is 1. The lowest BCUT2D eigenvalue weighted by Crippen LogP contribution is -2.45. The number of H-pyrrole nitrogens is 1. The van der Waals surface area contributed by atoms with E-state index >= 15 is 0 Å². The van der Waals surface area contributed by atoms with E-state index in [2.05, 4.69) is 4.98 Å². The van der Waals surface area contributed by atoms with Crippen LogP contribution in [0, 0.1) is 0 Å². The lowest BCUT2D eigenvalue weighted by molar-refractivity contribution is -0.145. The van der Waals surface area contributed by atoms with Gasteiger partial charge in [0.25, 0.3) is 5.91 Å². The Hall–Kier alpha value is -2.32. The molecule has 1 unspecified atom stereocenters. The van der Waals surface area contributed by atoms with Crippen molar-refractivity contribution < 1.29 is 14.7 Å². The summed E-state index contributed by atoms with van der Waals surface area (Å²) in [6.07, 6.45) is 3.49. The number of nitrogens with zero attached hydrogens (tertiary/aromatic N) is 1. The van der Waals surface area contributed by atoms with Crippen molar-refractivity contribution >= 4 is 80.4 Å². The normalized spacial score (nSPS) is 16.6. The number of aromatic nitrogens is 1. The number of carboxylic acid groups (broad SMARTS) is 1. The molecular weight excluding hydrogens is 463 g/mol. The van der Waals surface area contributed by atoms with Crippen LogP contribution >= 0.6 is 47.2 Å². The fourth-order valence-corrected chi connectivity index (χ4v) is 5.12. The molecule has 2 N–H and O–H groups in total. The maximum Gasteiger partial charge on any atom is 0.327 e. The first-order valence-corrected chi connectivity index (χ1v) is 10.8. The molecule has 1 saturated heterocycles. The van der Waals surface area contributed by atoms with E-state index in [-0.39, 0.29) is 10.7 Å². The standard InChI is InChI=1S/C21H14Cl2N2O3S2/c22-13-6-5-11(15(23)9-13)8-18-19(26)25(21(29)30-18)17(20(27)28)7-12-10-24-16-4-2-1-3-14(12)16/h1-6,8-10,17,24H,7H2,(H,27,28). The summed E-state index contributed by atoms with van der Waals surface area (Å²) in [5.41, 5.74) is 2.31. The monoisotopic (exact) mass is 476 g/mol. The number of carbonyl (C=O) groups excluding carboxylic acids is 1. The molecule has 9 heteroatoms. The fraction of sp³-hybridized carbons (Fsp3) is 0.0952. The number of hydrogen-bond acceptors (Lipinski definition) is 4. The number of carboxylic acids is 1. The van der Waals surface area contributed by atoms with Crippen LogP contribution in [0.3, 0.4) is 0 Å². The molecule has 0 spiro atoms. The van der Waals surface area contributed by atoms with E-state index in [0.717, 1.165) is 28.2 Å². The van der Waals surface area contributed by atoms with E-state index < -0.39 is 17.9 Å². The molecule has 0 aliphatic carbocycles. The van der Waals surface area contributed by atoms with Crippen molar-refractivity contribution in [1.82, 2.24) is 9.88 Å². The van der Waals surface area contributed by atoms with Crippen molar-refractivity contribution in [2.45, 2.75) is 12.5 Å². The van der Waals surface area contributed by atoms with Crippen LogP contribution in [0.25, 0.3) is 17.0 Å². The molecule has 1 aliphatic rings. The Morgan fingerprint density at radius 2 is 2.03 bits per heavy atom. The van der Waals surface area contributed by atoms with Crippen molar-refractivity contribution in [3.05, 3.63) is 74.7 Å². The average molecular weight is 477 g/mol. The molecule has 0 radical (unpaired) electrons. The van der Waals surface area contributed by atoms with Crippen LogP contribution in [0.4, 0.5) is 0 Å². The van der Waals surface area contributed by atoms with Gasteiger partial charge in [-0.3, -0.25) is 9.69 Å². The number of thiocarbonyl (C=S) groups is 1. The molecule has 30 heavy (non-hydrogen) atoms. The van der Waals surface area contributed by atoms with Gasteiger partial charge in [-0.05, 0) is 35.4 Å². The summed E-state index contributed by atoms with van der Waals surface area (Å²) < 4.78 is 0.198. The van der Waals surface area contributed by atoms with Crippen molar-refractivity contribution in [2.24, 2.45) is 0 Å². The first-order valence-electron chi connectivity index (χ1n) is 8.85. The van der Waals surface area contributed by atoms with Gasteiger partial charge >= 0.3 is 5.97 Å². The molecule has 4 rings (SSSR count). The zero-order valence-corrected chi connectivity index (χ0v) is 18.4. The molecule has 0 saturated carbocycles. The van der Waals surface area contributed by atoms with E-state index in [1.165, 1.54) is 4.90 Å². The summed E-state index contributed by atoms with van der Waals surface area (Å²) in [5.74, 6) is -1.58. The summed E-state index contributed by atoms with van der Waals surface area (Å²) in [7, 11) is 0. The number of nitrogens with one attached hydrogen (secondary N) is 1. The molecule has 1 amide bonds. The smallest absolute Gasteiger partial charge is 0.327 e. The highest BCUT2D eigenvalue weighted by Crippen LogP contribution is 2.36. The molecule has 3 aromatic rings. The minimum atomic E-state index is -1.12. The number of fused-ring (bicyclic) bond motifs is 1. The number of benzene rings is 2. The van der Waals surface area contributed by atoms with E-state index in [4.69, 9.17) is 35.4 Å². The molecule has 1 fully saturated rings. The van der Waals surface area contributed by atoms with Gasteiger partial charge in [0.05, 0.1) is 4.91 Å². The second kappa shape index (κ2) is 8.43. The summed E-state index contributed by atoms with van der Waals surface area (Å²) >= 11 is 18.5. The minimum Gasteiger partial charge on any atom is -0.480 e. The number of para-hydroxylation sites is 1. The Morgan fingerprint density at radius 1 is 1.27 bits per heavy atom. The van der Waals surface area contributed by atoms with Crippen molar-refractivity contribution in [3.8, 4) is 0 Å². The third-order valence-electron chi connectivity index (χ3n) is 4.76. The lowest BCUT2D eigenvalue weighted by atomic mass is 10.0. The Morgan fingerprint density at radius 3 is 2.77 bits per heavy atom. The molecular formula is C21H14Cl2N2O3S2.